The number of amides is 1. The number of cyclic esters (lactones) is 1. The maximum Gasteiger partial charge on any atom is 0.355 e. The fourth-order valence-electron chi connectivity index (χ4n) is 6.62. The number of esters is 3. The topological polar surface area (TPSA) is 202 Å². The Hall–Kier alpha value is -4.86. The highest BCUT2D eigenvalue weighted by molar-refractivity contribution is 5.91. The average molecular weight is 724 g/mol. The number of aromatic nitrogens is 2. The molecule has 0 aliphatic carbocycles. The summed E-state index contributed by atoms with van der Waals surface area (Å²) in [5, 5.41) is 22.8. The van der Waals surface area contributed by atoms with Crippen LogP contribution in [-0.2, 0) is 68.0 Å². The Balaban J connectivity index is 1.27. The van der Waals surface area contributed by atoms with Gasteiger partial charge in [0.2, 0.25) is 11.5 Å². The van der Waals surface area contributed by atoms with E-state index in [2.05, 4.69) is 5.32 Å². The summed E-state index contributed by atoms with van der Waals surface area (Å²) in [7, 11) is 1.39. The molecule has 4 atom stereocenters. The molecular weight excluding hydrogens is 678 g/mol. The molecule has 2 aromatic heterocycles. The van der Waals surface area contributed by atoms with Gasteiger partial charge in [0, 0.05) is 36.5 Å². The summed E-state index contributed by atoms with van der Waals surface area (Å²) < 4.78 is 28.7. The second kappa shape index (κ2) is 16.2. The van der Waals surface area contributed by atoms with Crippen LogP contribution in [0.1, 0.15) is 82.1 Å². The molecule has 52 heavy (non-hydrogen) atoms. The number of aromatic hydroxyl groups is 1. The average Bonchev–Trinajstić information content (AvgIpc) is 3.50. The first-order valence-corrected chi connectivity index (χ1v) is 17.5. The normalized spacial score (nSPS) is 17.7. The third-order valence-corrected chi connectivity index (χ3v) is 9.55. The van der Waals surface area contributed by atoms with Crippen molar-refractivity contribution in [3.8, 4) is 17.1 Å². The maximum atomic E-state index is 14.0. The van der Waals surface area contributed by atoms with Crippen LogP contribution < -0.4 is 10.9 Å². The lowest BCUT2D eigenvalue weighted by molar-refractivity contribution is -0.194. The molecule has 2 unspecified atom stereocenters. The first kappa shape index (κ1) is 38.4. The standard InChI is InChI=1S/C37H45N3O12/c1-6-22(17-41)51-32(48-5)19-49-31(44)11-9-10-30(43)38-20(4)35(46)52-37(8-3)27-15-29-33-25(16-40(29)34(45)26(27)18-50-36(37)47)23(7-2)24-14-21(42)12-13-28(24)39-33/h12-15,20,22,32,41-42H,6-11,16-19H2,1-5H3,(H,38,43)/t20-,22?,32?,37-/m0/s1. The number of fused-ring (bicyclic) bond motifs is 5. The lowest BCUT2D eigenvalue weighted by Crippen LogP contribution is -2.50. The number of ether oxygens (including phenoxy) is 5. The summed E-state index contributed by atoms with van der Waals surface area (Å²) in [5.41, 5.74) is 1.45. The predicted molar refractivity (Wildman–Crippen MR) is 185 cm³/mol. The van der Waals surface area contributed by atoms with Gasteiger partial charge in [0.15, 0.2) is 6.29 Å². The Labute approximate surface area is 300 Å². The summed E-state index contributed by atoms with van der Waals surface area (Å²) in [6, 6.07) is 5.37. The minimum Gasteiger partial charge on any atom is -0.508 e. The lowest BCUT2D eigenvalue weighted by Gasteiger charge is -2.36. The SMILES string of the molecule is CCc1c2c(nc3ccc(O)cc13)-c1cc3c(c(=O)n1C2)COC(=O)[C@@]3(CC)OC(=O)[C@H](C)NC(=O)CCCC(=O)OCC(OC)OC(CC)CO. The number of methoxy groups -OCH3 is 1. The largest absolute Gasteiger partial charge is 0.508 e. The number of nitrogens with one attached hydrogen (secondary N) is 1. The molecule has 15 heteroatoms. The first-order valence-electron chi connectivity index (χ1n) is 17.5. The molecule has 0 fully saturated rings. The Morgan fingerprint density at radius 3 is 2.56 bits per heavy atom. The van der Waals surface area contributed by atoms with E-state index in [-0.39, 0.29) is 68.9 Å². The maximum absolute atomic E-state index is 14.0. The fraction of sp³-hybridized carbons (Fsp3) is 0.514. The van der Waals surface area contributed by atoms with Gasteiger partial charge in [-0.15, -0.1) is 0 Å². The predicted octanol–water partition coefficient (Wildman–Crippen LogP) is 2.88. The van der Waals surface area contributed by atoms with Crippen LogP contribution in [0.25, 0.3) is 22.3 Å². The number of aliphatic hydroxyl groups is 1. The van der Waals surface area contributed by atoms with Crippen molar-refractivity contribution in [2.45, 2.75) is 103 Å². The van der Waals surface area contributed by atoms with E-state index < -0.39 is 53.4 Å². The molecule has 3 N–H and O–H groups in total. The number of benzene rings is 1. The lowest BCUT2D eigenvalue weighted by atomic mass is 9.85. The second-order valence-electron chi connectivity index (χ2n) is 12.8. The van der Waals surface area contributed by atoms with Crippen molar-refractivity contribution in [1.82, 2.24) is 14.9 Å². The second-order valence-corrected chi connectivity index (χ2v) is 12.8. The molecule has 0 saturated carbocycles. The van der Waals surface area contributed by atoms with E-state index in [9.17, 15) is 34.2 Å². The number of hydrogen-bond donors (Lipinski definition) is 3. The van der Waals surface area contributed by atoms with Crippen LogP contribution in [0.2, 0.25) is 0 Å². The molecule has 15 nitrogen and oxygen atoms in total. The number of carbonyl (C=O) groups is 4. The molecule has 4 heterocycles. The Kier molecular flexibility index (Phi) is 12.0. The van der Waals surface area contributed by atoms with Crippen LogP contribution in [0, 0.1) is 0 Å². The minimum atomic E-state index is -1.96. The summed E-state index contributed by atoms with van der Waals surface area (Å²) in [5.74, 6) is -2.77. The quantitative estimate of drug-likeness (QED) is 0.0866. The Morgan fingerprint density at radius 1 is 1.12 bits per heavy atom. The minimum absolute atomic E-state index is 0.0538. The molecule has 0 spiro atoms. The molecule has 2 aliphatic rings. The van der Waals surface area contributed by atoms with Gasteiger partial charge in [0.1, 0.15) is 25.0 Å². The summed E-state index contributed by atoms with van der Waals surface area (Å²) in [6.07, 6.45) is -0.270. The van der Waals surface area contributed by atoms with E-state index >= 15 is 0 Å². The summed E-state index contributed by atoms with van der Waals surface area (Å²) in [6.45, 7) is 6.39. The number of aryl methyl sites for hydroxylation is 1. The third kappa shape index (κ3) is 7.52. The van der Waals surface area contributed by atoms with Gasteiger partial charge >= 0.3 is 17.9 Å². The molecule has 5 rings (SSSR count). The molecule has 2 aliphatic heterocycles. The molecular formula is C37H45N3O12. The number of rotatable bonds is 16. The number of aliphatic hydroxyl groups excluding tert-OH is 1. The number of phenols is 1. The van der Waals surface area contributed by atoms with Crippen molar-refractivity contribution in [1.29, 1.82) is 0 Å². The number of phenolic OH excluding ortho intramolecular Hbond substituents is 1. The molecule has 0 bridgehead atoms. The summed E-state index contributed by atoms with van der Waals surface area (Å²) in [4.78, 5) is 70.6. The van der Waals surface area contributed by atoms with Crippen LogP contribution >= 0.6 is 0 Å². The number of carbonyl (C=O) groups excluding carboxylic acids is 4. The number of hydrogen-bond acceptors (Lipinski definition) is 13. The highest BCUT2D eigenvalue weighted by atomic mass is 16.7. The fourth-order valence-corrected chi connectivity index (χ4v) is 6.62. The highest BCUT2D eigenvalue weighted by Crippen LogP contribution is 2.42. The summed E-state index contributed by atoms with van der Waals surface area (Å²) >= 11 is 0. The van der Waals surface area contributed by atoms with Crippen LogP contribution in [0.4, 0.5) is 0 Å². The van der Waals surface area contributed by atoms with Crippen LogP contribution in [0.15, 0.2) is 29.1 Å². The smallest absolute Gasteiger partial charge is 0.355 e. The van der Waals surface area contributed by atoms with Crippen molar-refractivity contribution in [3.63, 3.8) is 0 Å². The van der Waals surface area contributed by atoms with Gasteiger partial charge in [-0.1, -0.05) is 20.8 Å². The van der Waals surface area contributed by atoms with E-state index in [1.807, 2.05) is 13.8 Å². The van der Waals surface area contributed by atoms with Gasteiger partial charge in [0.25, 0.3) is 5.56 Å². The van der Waals surface area contributed by atoms with E-state index in [0.717, 1.165) is 16.5 Å². The van der Waals surface area contributed by atoms with Crippen LogP contribution in [-0.4, -0.2) is 82.3 Å². The molecule has 1 amide bonds. The molecule has 1 aromatic carbocycles. The van der Waals surface area contributed by atoms with Gasteiger partial charge in [-0.2, -0.15) is 0 Å². The zero-order valence-corrected chi connectivity index (χ0v) is 30.0. The van der Waals surface area contributed by atoms with Gasteiger partial charge in [-0.25, -0.2) is 14.6 Å². The van der Waals surface area contributed by atoms with Crippen molar-refractivity contribution >= 4 is 34.7 Å². The number of nitrogens with zero attached hydrogens (tertiary/aromatic N) is 2. The van der Waals surface area contributed by atoms with E-state index in [0.29, 0.717) is 29.7 Å². The number of pyridine rings is 2. The van der Waals surface area contributed by atoms with Crippen LogP contribution in [0.5, 0.6) is 5.75 Å². The molecule has 280 valence electrons. The van der Waals surface area contributed by atoms with E-state index in [4.69, 9.17) is 28.7 Å². The Bertz CT molecular complexity index is 1920. The molecule has 0 saturated heterocycles. The van der Waals surface area contributed by atoms with Crippen LogP contribution in [0.3, 0.4) is 0 Å². The third-order valence-electron chi connectivity index (χ3n) is 9.55. The molecule has 3 aromatic rings. The van der Waals surface area contributed by atoms with Crippen molar-refractivity contribution in [2.75, 3.05) is 20.3 Å². The monoisotopic (exact) mass is 723 g/mol. The first-order chi connectivity index (χ1) is 24.9. The van der Waals surface area contributed by atoms with E-state index in [1.54, 1.807) is 35.8 Å². The van der Waals surface area contributed by atoms with Gasteiger partial charge in [0.05, 0.1) is 41.7 Å². The van der Waals surface area contributed by atoms with E-state index in [1.165, 1.54) is 14.0 Å². The Morgan fingerprint density at radius 2 is 1.88 bits per heavy atom. The zero-order chi connectivity index (χ0) is 37.7. The highest BCUT2D eigenvalue weighted by Gasteiger charge is 2.51. The zero-order valence-electron chi connectivity index (χ0n) is 30.0. The van der Waals surface area contributed by atoms with Gasteiger partial charge in [-0.3, -0.25) is 14.4 Å². The molecule has 0 radical (unpaired) electrons. The van der Waals surface area contributed by atoms with Gasteiger partial charge in [-0.05, 0) is 62.4 Å². The van der Waals surface area contributed by atoms with Crippen molar-refractivity contribution in [3.05, 3.63) is 56.9 Å². The van der Waals surface area contributed by atoms with Crippen molar-refractivity contribution < 1.29 is 53.1 Å². The van der Waals surface area contributed by atoms with Crippen molar-refractivity contribution in [2.24, 2.45) is 0 Å². The van der Waals surface area contributed by atoms with Gasteiger partial charge < -0.3 is 43.8 Å².